The minimum atomic E-state index is -1.01. The standard InChI is InChI=1S/C35H36F3IO/c1-40-33-20-19-31(34(37)35(33)38)28-15-11-26(12-16-28)29-17-18-30(32(36)22-29)27-13-9-25(10-14-27)24-7-5-23(6-8-24)4-2-3-21-39/h3,11-13,15-25H,2,4-10,14H2,1H3/b21-3+. The zero-order valence-electron chi connectivity index (χ0n) is 22.9. The maximum absolute atomic E-state index is 15.3. The first-order valence-electron chi connectivity index (χ1n) is 14.4. The summed E-state index contributed by atoms with van der Waals surface area (Å²) in [6, 6.07) is 15.4. The largest absolute Gasteiger partial charge is 0.494 e. The number of rotatable bonds is 8. The van der Waals surface area contributed by atoms with Crippen LogP contribution in [0.1, 0.15) is 63.4 Å². The van der Waals surface area contributed by atoms with Crippen LogP contribution in [0.3, 0.4) is 0 Å². The summed E-state index contributed by atoms with van der Waals surface area (Å²) < 4.78 is 51.0. The van der Waals surface area contributed by atoms with Crippen molar-refractivity contribution in [1.29, 1.82) is 0 Å². The molecule has 0 saturated heterocycles. The minimum Gasteiger partial charge on any atom is -0.494 e. The molecule has 0 heterocycles. The van der Waals surface area contributed by atoms with E-state index in [1.54, 1.807) is 18.2 Å². The van der Waals surface area contributed by atoms with Gasteiger partial charge in [-0.05, 0) is 107 Å². The molecule has 1 saturated carbocycles. The van der Waals surface area contributed by atoms with Crippen molar-refractivity contribution in [1.82, 2.24) is 0 Å². The molecule has 3 aromatic rings. The molecule has 0 spiro atoms. The molecule has 1 atom stereocenters. The van der Waals surface area contributed by atoms with E-state index in [9.17, 15) is 8.78 Å². The van der Waals surface area contributed by atoms with Crippen molar-refractivity contribution in [3.63, 3.8) is 0 Å². The maximum atomic E-state index is 15.3. The van der Waals surface area contributed by atoms with Crippen LogP contribution in [0.4, 0.5) is 13.2 Å². The van der Waals surface area contributed by atoms with Crippen LogP contribution in [-0.2, 0) is 0 Å². The molecule has 5 rings (SSSR count). The molecule has 0 aliphatic heterocycles. The second kappa shape index (κ2) is 13.4. The Balaban J connectivity index is 1.22. The van der Waals surface area contributed by atoms with E-state index in [4.69, 9.17) is 4.74 Å². The molecule has 1 nitrogen and oxygen atoms in total. The van der Waals surface area contributed by atoms with E-state index in [1.807, 2.05) is 24.3 Å². The monoisotopic (exact) mass is 656 g/mol. The lowest BCUT2D eigenvalue weighted by atomic mass is 9.70. The molecular weight excluding hydrogens is 620 g/mol. The molecule has 5 heteroatoms. The van der Waals surface area contributed by atoms with Crippen molar-refractivity contribution in [2.45, 2.75) is 57.8 Å². The molecule has 2 aliphatic rings. The van der Waals surface area contributed by atoms with Crippen molar-refractivity contribution in [3.8, 4) is 28.0 Å². The topological polar surface area (TPSA) is 9.23 Å². The average molecular weight is 657 g/mol. The number of hydrogen-bond acceptors (Lipinski definition) is 1. The van der Waals surface area contributed by atoms with Gasteiger partial charge in [-0.2, -0.15) is 4.39 Å². The number of hydrogen-bond donors (Lipinski definition) is 0. The lowest BCUT2D eigenvalue weighted by Crippen LogP contribution is -2.23. The van der Waals surface area contributed by atoms with E-state index in [1.165, 1.54) is 57.8 Å². The summed E-state index contributed by atoms with van der Waals surface area (Å²) >= 11 is 2.30. The van der Waals surface area contributed by atoms with Crippen LogP contribution in [0.25, 0.3) is 27.8 Å². The fraction of sp³-hybridized carbons (Fsp3) is 0.371. The normalized spacial score (nSPS) is 21.4. The average Bonchev–Trinajstić information content (AvgIpc) is 2.99. The Kier molecular flexibility index (Phi) is 9.72. The molecule has 1 unspecified atom stereocenters. The predicted octanol–water partition coefficient (Wildman–Crippen LogP) is 11.2. The SMILES string of the molecule is COc1ccc(-c2ccc(-c3ccc(C4=CCC(C5CCC(CC/C=C/I)CC5)CC4)c(F)c3)cc2)c(F)c1F. The summed E-state index contributed by atoms with van der Waals surface area (Å²) in [7, 11) is 1.30. The highest BCUT2D eigenvalue weighted by atomic mass is 127. The number of benzene rings is 3. The van der Waals surface area contributed by atoms with Gasteiger partial charge in [0.25, 0.3) is 0 Å². The molecule has 1 fully saturated rings. The summed E-state index contributed by atoms with van der Waals surface area (Å²) in [6.07, 6.45) is 15.6. The zero-order chi connectivity index (χ0) is 28.1. The maximum Gasteiger partial charge on any atom is 0.201 e. The number of ether oxygens (including phenoxy) is 1. The Morgan fingerprint density at radius 2 is 1.50 bits per heavy atom. The van der Waals surface area contributed by atoms with Gasteiger partial charge in [0.15, 0.2) is 11.6 Å². The Hall–Kier alpha value is -2.54. The number of methoxy groups -OCH3 is 1. The number of allylic oxidation sites excluding steroid dienone is 3. The van der Waals surface area contributed by atoms with Crippen molar-refractivity contribution >= 4 is 28.2 Å². The van der Waals surface area contributed by atoms with E-state index in [0.29, 0.717) is 11.1 Å². The summed E-state index contributed by atoms with van der Waals surface area (Å²) in [5, 5.41) is 0. The lowest BCUT2D eigenvalue weighted by molar-refractivity contribution is 0.190. The highest BCUT2D eigenvalue weighted by molar-refractivity contribution is 14.1. The first kappa shape index (κ1) is 29.0. The van der Waals surface area contributed by atoms with Crippen LogP contribution in [0.5, 0.6) is 5.75 Å². The summed E-state index contributed by atoms with van der Waals surface area (Å²) in [4.78, 5) is 0. The van der Waals surface area contributed by atoms with Gasteiger partial charge in [0.1, 0.15) is 5.82 Å². The summed E-state index contributed by atoms with van der Waals surface area (Å²) in [6.45, 7) is 0. The first-order chi connectivity index (χ1) is 19.5. The van der Waals surface area contributed by atoms with Crippen LogP contribution in [0.2, 0.25) is 0 Å². The molecule has 0 radical (unpaired) electrons. The van der Waals surface area contributed by atoms with Crippen molar-refractivity contribution in [2.24, 2.45) is 17.8 Å². The van der Waals surface area contributed by atoms with Crippen molar-refractivity contribution < 1.29 is 17.9 Å². The van der Waals surface area contributed by atoms with Gasteiger partial charge in [0.05, 0.1) is 7.11 Å². The van der Waals surface area contributed by atoms with E-state index in [0.717, 1.165) is 53.7 Å². The van der Waals surface area contributed by atoms with Crippen LogP contribution in [0.15, 0.2) is 70.8 Å². The fourth-order valence-electron chi connectivity index (χ4n) is 6.58. The van der Waals surface area contributed by atoms with Gasteiger partial charge in [-0.1, -0.05) is 84.0 Å². The highest BCUT2D eigenvalue weighted by Crippen LogP contribution is 2.42. The number of halogens is 4. The molecular formula is C35H36F3IO. The van der Waals surface area contributed by atoms with Crippen LogP contribution in [0, 0.1) is 35.2 Å². The highest BCUT2D eigenvalue weighted by Gasteiger charge is 2.29. The van der Waals surface area contributed by atoms with Crippen molar-refractivity contribution in [2.75, 3.05) is 7.11 Å². The van der Waals surface area contributed by atoms with Crippen LogP contribution < -0.4 is 4.74 Å². The third-order valence-electron chi connectivity index (χ3n) is 8.95. The quantitative estimate of drug-likeness (QED) is 0.219. The zero-order valence-corrected chi connectivity index (χ0v) is 25.1. The van der Waals surface area contributed by atoms with E-state index < -0.39 is 11.6 Å². The van der Waals surface area contributed by atoms with Gasteiger partial charge in [-0.3, -0.25) is 0 Å². The van der Waals surface area contributed by atoms with Gasteiger partial charge >= 0.3 is 0 Å². The Bertz CT molecular complexity index is 1370. The van der Waals surface area contributed by atoms with E-state index in [-0.39, 0.29) is 17.1 Å². The molecule has 0 bridgehead atoms. The predicted molar refractivity (Wildman–Crippen MR) is 167 cm³/mol. The molecule has 0 aromatic heterocycles. The van der Waals surface area contributed by atoms with Gasteiger partial charge in [0.2, 0.25) is 5.82 Å². The van der Waals surface area contributed by atoms with Crippen molar-refractivity contribution in [3.05, 3.63) is 93.8 Å². The second-order valence-electron chi connectivity index (χ2n) is 11.2. The molecule has 0 amide bonds. The fourth-order valence-corrected chi connectivity index (χ4v) is 6.94. The van der Waals surface area contributed by atoms with Crippen LogP contribution >= 0.6 is 22.6 Å². The van der Waals surface area contributed by atoms with E-state index in [2.05, 4.69) is 38.8 Å². The third-order valence-corrected chi connectivity index (χ3v) is 9.46. The van der Waals surface area contributed by atoms with Gasteiger partial charge in [-0.25, -0.2) is 8.78 Å². The Morgan fingerprint density at radius 3 is 2.15 bits per heavy atom. The van der Waals surface area contributed by atoms with E-state index >= 15 is 4.39 Å². The molecule has 210 valence electrons. The lowest BCUT2D eigenvalue weighted by Gasteiger charge is -2.35. The summed E-state index contributed by atoms with van der Waals surface area (Å²) in [5.41, 5.74) is 4.10. The van der Waals surface area contributed by atoms with Gasteiger partial charge in [0, 0.05) is 11.1 Å². The second-order valence-corrected chi connectivity index (χ2v) is 11.9. The summed E-state index contributed by atoms with van der Waals surface area (Å²) in [5.74, 6) is 0.127. The Labute approximate surface area is 249 Å². The molecule has 40 heavy (non-hydrogen) atoms. The Morgan fingerprint density at radius 1 is 0.800 bits per heavy atom. The molecule has 3 aromatic carbocycles. The van der Waals surface area contributed by atoms with Crippen LogP contribution in [-0.4, -0.2) is 7.11 Å². The molecule has 2 aliphatic carbocycles. The first-order valence-corrected chi connectivity index (χ1v) is 15.6. The molecule has 0 N–H and O–H groups in total. The third kappa shape index (κ3) is 6.50. The van der Waals surface area contributed by atoms with Gasteiger partial charge in [-0.15, -0.1) is 0 Å². The smallest absolute Gasteiger partial charge is 0.201 e. The minimum absolute atomic E-state index is 0.129. The van der Waals surface area contributed by atoms with Gasteiger partial charge < -0.3 is 4.74 Å².